The number of nitrogens with zero attached hydrogens (tertiary/aromatic N) is 1. The molecule has 1 aromatic carbocycles. The number of amides is 2. The summed E-state index contributed by atoms with van der Waals surface area (Å²) in [6.07, 6.45) is 1.04. The SMILES string of the molecule is Cl.O=C1N[C@H]2CNCC[C@H]2N1Cc1ccccc1. The maximum absolute atomic E-state index is 11.9. The molecule has 0 spiro atoms. The van der Waals surface area contributed by atoms with Crippen LogP contribution < -0.4 is 10.6 Å². The number of urea groups is 1. The first-order chi connectivity index (χ1) is 8.34. The lowest BCUT2D eigenvalue weighted by atomic mass is 10.0. The van der Waals surface area contributed by atoms with Crippen molar-refractivity contribution in [1.82, 2.24) is 15.5 Å². The number of nitrogens with one attached hydrogen (secondary N) is 2. The second-order valence-electron chi connectivity index (χ2n) is 4.73. The van der Waals surface area contributed by atoms with Gasteiger partial charge in [0.05, 0.1) is 12.1 Å². The molecular weight excluding hydrogens is 250 g/mol. The number of rotatable bonds is 2. The Bertz CT molecular complexity index is 412. The van der Waals surface area contributed by atoms with Crippen molar-refractivity contribution in [3.05, 3.63) is 35.9 Å². The van der Waals surface area contributed by atoms with E-state index in [1.165, 1.54) is 5.56 Å². The molecule has 2 N–H and O–H groups in total. The van der Waals surface area contributed by atoms with Crippen LogP contribution in [0.3, 0.4) is 0 Å². The van der Waals surface area contributed by atoms with E-state index in [1.807, 2.05) is 23.1 Å². The molecule has 2 heterocycles. The molecule has 5 heteroatoms. The summed E-state index contributed by atoms with van der Waals surface area (Å²) in [7, 11) is 0. The van der Waals surface area contributed by atoms with Crippen LogP contribution in [0.5, 0.6) is 0 Å². The van der Waals surface area contributed by atoms with E-state index in [4.69, 9.17) is 0 Å². The highest BCUT2D eigenvalue weighted by Crippen LogP contribution is 2.21. The molecule has 0 aliphatic carbocycles. The normalized spacial score (nSPS) is 26.2. The Kier molecular flexibility index (Phi) is 4.09. The van der Waals surface area contributed by atoms with Crippen molar-refractivity contribution in [3.63, 3.8) is 0 Å². The van der Waals surface area contributed by atoms with Gasteiger partial charge in [-0.25, -0.2) is 4.79 Å². The molecular formula is C13H18ClN3O. The Morgan fingerprint density at radius 3 is 2.83 bits per heavy atom. The molecule has 0 saturated carbocycles. The Hall–Kier alpha value is -1.26. The minimum Gasteiger partial charge on any atom is -0.332 e. The van der Waals surface area contributed by atoms with Gasteiger partial charge in [0, 0.05) is 13.1 Å². The summed E-state index contributed by atoms with van der Waals surface area (Å²) in [5.74, 6) is 0. The Balaban J connectivity index is 0.00000120. The van der Waals surface area contributed by atoms with Crippen LogP contribution in [0.1, 0.15) is 12.0 Å². The van der Waals surface area contributed by atoms with Gasteiger partial charge in [0.15, 0.2) is 0 Å². The summed E-state index contributed by atoms with van der Waals surface area (Å²) < 4.78 is 0. The first kappa shape index (κ1) is 13.2. The van der Waals surface area contributed by atoms with Crippen LogP contribution in [0, 0.1) is 0 Å². The van der Waals surface area contributed by atoms with Gasteiger partial charge in [-0.2, -0.15) is 0 Å². The van der Waals surface area contributed by atoms with Gasteiger partial charge in [-0.05, 0) is 18.5 Å². The maximum Gasteiger partial charge on any atom is 0.318 e. The molecule has 0 bridgehead atoms. The molecule has 0 radical (unpaired) electrons. The molecule has 2 fully saturated rings. The van der Waals surface area contributed by atoms with Gasteiger partial charge in [0.25, 0.3) is 0 Å². The van der Waals surface area contributed by atoms with Crippen molar-refractivity contribution >= 4 is 18.4 Å². The fourth-order valence-corrected chi connectivity index (χ4v) is 2.73. The van der Waals surface area contributed by atoms with E-state index in [2.05, 4.69) is 22.8 Å². The van der Waals surface area contributed by atoms with E-state index in [1.54, 1.807) is 0 Å². The number of piperidine rings is 1. The molecule has 2 amide bonds. The second-order valence-corrected chi connectivity index (χ2v) is 4.73. The van der Waals surface area contributed by atoms with Crippen molar-refractivity contribution in [1.29, 1.82) is 0 Å². The Morgan fingerprint density at radius 2 is 2.06 bits per heavy atom. The number of fused-ring (bicyclic) bond motifs is 1. The van der Waals surface area contributed by atoms with Crippen LogP contribution >= 0.6 is 12.4 Å². The van der Waals surface area contributed by atoms with Crippen LogP contribution in [0.15, 0.2) is 30.3 Å². The lowest BCUT2D eigenvalue weighted by Crippen LogP contribution is -2.49. The molecule has 3 rings (SSSR count). The van der Waals surface area contributed by atoms with E-state index >= 15 is 0 Å². The zero-order valence-corrected chi connectivity index (χ0v) is 11.0. The molecule has 2 aliphatic rings. The minimum absolute atomic E-state index is 0. The standard InChI is InChI=1S/C13H17N3O.ClH/c17-13-15-11-8-14-7-6-12(11)16(13)9-10-4-2-1-3-5-10;/h1-5,11-12,14H,6-9H2,(H,15,17);1H/t11-,12+;/m0./s1. The molecule has 98 valence electrons. The number of halogens is 1. The fraction of sp³-hybridized carbons (Fsp3) is 0.462. The lowest BCUT2D eigenvalue weighted by molar-refractivity contribution is 0.189. The third-order valence-corrected chi connectivity index (χ3v) is 3.61. The van der Waals surface area contributed by atoms with Crippen LogP contribution in [-0.2, 0) is 6.54 Å². The molecule has 2 aliphatic heterocycles. The summed E-state index contributed by atoms with van der Waals surface area (Å²) in [5.41, 5.74) is 1.20. The fourth-order valence-electron chi connectivity index (χ4n) is 2.73. The Morgan fingerprint density at radius 1 is 1.28 bits per heavy atom. The van der Waals surface area contributed by atoms with Gasteiger partial charge in [0.2, 0.25) is 0 Å². The summed E-state index contributed by atoms with van der Waals surface area (Å²) in [6.45, 7) is 2.61. The van der Waals surface area contributed by atoms with Crippen molar-refractivity contribution < 1.29 is 4.79 Å². The first-order valence-corrected chi connectivity index (χ1v) is 6.16. The van der Waals surface area contributed by atoms with Crippen molar-refractivity contribution in [2.45, 2.75) is 25.0 Å². The first-order valence-electron chi connectivity index (χ1n) is 6.16. The van der Waals surface area contributed by atoms with Crippen molar-refractivity contribution in [2.75, 3.05) is 13.1 Å². The number of hydrogen-bond donors (Lipinski definition) is 2. The number of benzene rings is 1. The van der Waals surface area contributed by atoms with Crippen molar-refractivity contribution in [3.8, 4) is 0 Å². The third-order valence-electron chi connectivity index (χ3n) is 3.61. The lowest BCUT2D eigenvalue weighted by Gasteiger charge is -2.30. The van der Waals surface area contributed by atoms with Gasteiger partial charge >= 0.3 is 6.03 Å². The Labute approximate surface area is 113 Å². The topological polar surface area (TPSA) is 44.4 Å². The molecule has 2 atom stereocenters. The van der Waals surface area contributed by atoms with Gasteiger partial charge in [-0.1, -0.05) is 30.3 Å². The van der Waals surface area contributed by atoms with Gasteiger partial charge in [0.1, 0.15) is 0 Å². The molecule has 2 saturated heterocycles. The average Bonchev–Trinajstić information content (AvgIpc) is 2.68. The predicted molar refractivity (Wildman–Crippen MR) is 72.8 cm³/mol. The quantitative estimate of drug-likeness (QED) is 0.850. The zero-order valence-electron chi connectivity index (χ0n) is 10.1. The van der Waals surface area contributed by atoms with Gasteiger partial charge < -0.3 is 15.5 Å². The van der Waals surface area contributed by atoms with E-state index in [9.17, 15) is 4.79 Å². The van der Waals surface area contributed by atoms with Crippen LogP contribution in [0.25, 0.3) is 0 Å². The number of hydrogen-bond acceptors (Lipinski definition) is 2. The smallest absolute Gasteiger partial charge is 0.318 e. The average molecular weight is 268 g/mol. The highest BCUT2D eigenvalue weighted by Gasteiger charge is 2.40. The van der Waals surface area contributed by atoms with Gasteiger partial charge in [-0.3, -0.25) is 0 Å². The number of carbonyl (C=O) groups excluding carboxylic acids is 1. The van der Waals surface area contributed by atoms with E-state index in [0.717, 1.165) is 19.5 Å². The minimum atomic E-state index is 0. The predicted octanol–water partition coefficient (Wildman–Crippen LogP) is 1.36. The van der Waals surface area contributed by atoms with Crippen LogP contribution in [-0.4, -0.2) is 36.1 Å². The monoisotopic (exact) mass is 267 g/mol. The zero-order chi connectivity index (χ0) is 11.7. The largest absolute Gasteiger partial charge is 0.332 e. The van der Waals surface area contributed by atoms with Gasteiger partial charge in [-0.15, -0.1) is 12.4 Å². The summed E-state index contributed by atoms with van der Waals surface area (Å²) in [6, 6.07) is 10.9. The third kappa shape index (κ3) is 2.44. The summed E-state index contributed by atoms with van der Waals surface area (Å²) >= 11 is 0. The molecule has 0 aromatic heterocycles. The molecule has 4 nitrogen and oxygen atoms in total. The number of carbonyl (C=O) groups is 1. The molecule has 0 unspecified atom stereocenters. The summed E-state index contributed by atoms with van der Waals surface area (Å²) in [5, 5.41) is 6.37. The molecule has 18 heavy (non-hydrogen) atoms. The maximum atomic E-state index is 11.9. The van der Waals surface area contributed by atoms with E-state index in [0.29, 0.717) is 12.6 Å². The van der Waals surface area contributed by atoms with Crippen LogP contribution in [0.2, 0.25) is 0 Å². The van der Waals surface area contributed by atoms with Crippen molar-refractivity contribution in [2.24, 2.45) is 0 Å². The van der Waals surface area contributed by atoms with E-state index in [-0.39, 0.29) is 24.5 Å². The molecule has 1 aromatic rings. The highest BCUT2D eigenvalue weighted by atomic mass is 35.5. The summed E-state index contributed by atoms with van der Waals surface area (Å²) in [4.78, 5) is 13.9. The second kappa shape index (κ2) is 5.59. The van der Waals surface area contributed by atoms with E-state index < -0.39 is 0 Å². The highest BCUT2D eigenvalue weighted by molar-refractivity contribution is 5.85. The van der Waals surface area contributed by atoms with Crippen LogP contribution in [0.4, 0.5) is 4.79 Å².